The summed E-state index contributed by atoms with van der Waals surface area (Å²) in [5.41, 5.74) is -0.0107. The zero-order chi connectivity index (χ0) is 28.7. The van der Waals surface area contributed by atoms with Crippen LogP contribution in [0.5, 0.6) is 0 Å². The second-order valence-electron chi connectivity index (χ2n) is 11.5. The van der Waals surface area contributed by atoms with Crippen LogP contribution in [0.1, 0.15) is 51.8 Å². The highest BCUT2D eigenvalue weighted by atomic mass is 35.5. The first-order chi connectivity index (χ1) is 19.0. The van der Waals surface area contributed by atoms with Crippen molar-refractivity contribution in [1.82, 2.24) is 19.8 Å². The molecular formula is C30H38ClN5O3S. The number of hydrogen-bond donors (Lipinski definition) is 1. The number of halogens is 1. The van der Waals surface area contributed by atoms with E-state index >= 15 is 0 Å². The number of amides is 1. The summed E-state index contributed by atoms with van der Waals surface area (Å²) in [5, 5.41) is 4.68. The molecule has 1 aliphatic heterocycles. The molecule has 0 radical (unpaired) electrons. The number of likely N-dealkylation sites (tertiary alicyclic amines) is 1. The van der Waals surface area contributed by atoms with E-state index in [0.717, 1.165) is 23.7 Å². The average Bonchev–Trinajstić information content (AvgIpc) is 3.29. The molecule has 2 aromatic carbocycles. The number of hydrogen-bond acceptors (Lipinski definition) is 7. The molecule has 214 valence electrons. The molecule has 40 heavy (non-hydrogen) atoms. The van der Waals surface area contributed by atoms with Crippen LogP contribution in [-0.2, 0) is 14.6 Å². The van der Waals surface area contributed by atoms with Gasteiger partial charge in [0.05, 0.1) is 21.7 Å². The van der Waals surface area contributed by atoms with Gasteiger partial charge in [-0.15, -0.1) is 0 Å². The van der Waals surface area contributed by atoms with Gasteiger partial charge in [0, 0.05) is 29.0 Å². The number of anilines is 1. The molecule has 0 bridgehead atoms. The van der Waals surface area contributed by atoms with Crippen molar-refractivity contribution in [2.75, 3.05) is 24.7 Å². The van der Waals surface area contributed by atoms with E-state index in [1.54, 1.807) is 36.4 Å². The monoisotopic (exact) mass is 583 g/mol. The predicted molar refractivity (Wildman–Crippen MR) is 159 cm³/mol. The van der Waals surface area contributed by atoms with E-state index in [-0.39, 0.29) is 11.7 Å². The maximum absolute atomic E-state index is 14.0. The van der Waals surface area contributed by atoms with E-state index in [4.69, 9.17) is 11.6 Å². The first kappa shape index (κ1) is 28.8. The highest BCUT2D eigenvalue weighted by molar-refractivity contribution is 7.91. The smallest absolute Gasteiger partial charge is 0.245 e. The largest absolute Gasteiger partial charge is 0.358 e. The van der Waals surface area contributed by atoms with Gasteiger partial charge in [-0.2, -0.15) is 0 Å². The van der Waals surface area contributed by atoms with E-state index in [2.05, 4.69) is 41.1 Å². The number of carbonyl (C=O) groups excluding carboxylic acids is 1. The Morgan fingerprint density at radius 1 is 1.10 bits per heavy atom. The summed E-state index contributed by atoms with van der Waals surface area (Å²) in [4.78, 5) is 27.6. The average molecular weight is 584 g/mol. The Kier molecular flexibility index (Phi) is 8.10. The van der Waals surface area contributed by atoms with Crippen LogP contribution in [0.3, 0.4) is 0 Å². The number of aryl methyl sites for hydroxylation is 1. The first-order valence-corrected chi connectivity index (χ1v) is 16.0. The molecule has 1 unspecified atom stereocenters. The van der Waals surface area contributed by atoms with Crippen molar-refractivity contribution in [2.45, 2.75) is 81.4 Å². The molecule has 1 atom stereocenters. The highest BCUT2D eigenvalue weighted by Gasteiger charge is 2.50. The number of nitrogens with zero attached hydrogens (tertiary/aromatic N) is 4. The number of benzene rings is 2. The lowest BCUT2D eigenvalue weighted by Crippen LogP contribution is -2.58. The minimum atomic E-state index is -3.61. The fourth-order valence-electron chi connectivity index (χ4n) is 6.30. The van der Waals surface area contributed by atoms with Crippen LogP contribution in [0.15, 0.2) is 53.4 Å². The molecule has 2 aliphatic rings. The quantitative estimate of drug-likeness (QED) is 0.394. The lowest BCUT2D eigenvalue weighted by Gasteiger charge is -2.48. The van der Waals surface area contributed by atoms with Crippen molar-refractivity contribution in [3.63, 3.8) is 0 Å². The van der Waals surface area contributed by atoms with Gasteiger partial charge >= 0.3 is 0 Å². The Bertz CT molecular complexity index is 1490. The fraction of sp³-hybridized carbons (Fsp3) is 0.500. The molecule has 10 heteroatoms. The van der Waals surface area contributed by atoms with Gasteiger partial charge in [0.25, 0.3) is 0 Å². The van der Waals surface area contributed by atoms with Crippen LogP contribution >= 0.6 is 11.6 Å². The normalized spacial score (nSPS) is 23.9. The Labute approximate surface area is 242 Å². The van der Waals surface area contributed by atoms with Crippen molar-refractivity contribution < 1.29 is 13.2 Å². The summed E-state index contributed by atoms with van der Waals surface area (Å²) in [5.74, 6) is 1.01. The molecule has 1 aromatic heterocycles. The maximum Gasteiger partial charge on any atom is 0.245 e. The Hall–Kier alpha value is -2.75. The molecule has 5 rings (SSSR count). The lowest BCUT2D eigenvalue weighted by atomic mass is 9.78. The topological polar surface area (TPSA) is 95.5 Å². The molecule has 3 aromatic rings. The number of fused-ring (bicyclic) bond motifs is 1. The third-order valence-electron chi connectivity index (χ3n) is 8.70. The fourth-order valence-corrected chi connectivity index (χ4v) is 8.37. The molecular weight excluding hydrogens is 546 g/mol. The first-order valence-electron chi connectivity index (χ1n) is 14.0. The third-order valence-corrected chi connectivity index (χ3v) is 10.8. The molecule has 1 saturated heterocycles. The summed E-state index contributed by atoms with van der Waals surface area (Å²) in [6.45, 7) is 6.66. The second-order valence-corrected chi connectivity index (χ2v) is 14.0. The molecule has 1 N–H and O–H groups in total. The zero-order valence-corrected chi connectivity index (χ0v) is 25.2. The molecule has 0 spiro atoms. The van der Waals surface area contributed by atoms with Gasteiger partial charge in [0.1, 0.15) is 17.7 Å². The Morgan fingerprint density at radius 2 is 1.80 bits per heavy atom. The maximum atomic E-state index is 14.0. The van der Waals surface area contributed by atoms with Gasteiger partial charge in [0.15, 0.2) is 9.84 Å². The molecule has 1 saturated carbocycles. The third kappa shape index (κ3) is 5.69. The van der Waals surface area contributed by atoms with Gasteiger partial charge in [-0.25, -0.2) is 18.4 Å². The van der Waals surface area contributed by atoms with E-state index < -0.39 is 21.4 Å². The van der Waals surface area contributed by atoms with Crippen molar-refractivity contribution in [3.8, 4) is 0 Å². The van der Waals surface area contributed by atoms with Crippen LogP contribution < -0.4 is 5.32 Å². The molecule has 2 heterocycles. The van der Waals surface area contributed by atoms with Crippen molar-refractivity contribution >= 4 is 44.1 Å². The van der Waals surface area contributed by atoms with Crippen molar-refractivity contribution in [3.05, 3.63) is 59.4 Å². The second kappa shape index (κ2) is 11.3. The summed E-state index contributed by atoms with van der Waals surface area (Å²) in [6.07, 6.45) is 3.53. The van der Waals surface area contributed by atoms with E-state index in [0.29, 0.717) is 59.5 Å². The number of nitrogens with one attached hydrogen (secondary N) is 1. The van der Waals surface area contributed by atoms with Crippen molar-refractivity contribution in [2.24, 2.45) is 0 Å². The number of carbonyl (C=O) groups is 1. The van der Waals surface area contributed by atoms with Gasteiger partial charge in [-0.1, -0.05) is 29.8 Å². The standard InChI is InChI=1S/C30H38ClN5O3S/c1-20(2)35(4)23-12-15-30(16-13-23,19-40(38,39)24-8-6-5-7-9-24)36-17-14-27(29(36)37)34-28-25-18-22(31)10-11-26(25)32-21(3)33-28/h5-11,18,20,23,27H,12-17,19H2,1-4H3,(H,32,33,34). The Morgan fingerprint density at radius 3 is 2.48 bits per heavy atom. The Balaban J connectivity index is 1.44. The van der Waals surface area contributed by atoms with E-state index in [1.165, 1.54) is 0 Å². The van der Waals surface area contributed by atoms with Gasteiger partial charge < -0.3 is 15.1 Å². The highest BCUT2D eigenvalue weighted by Crippen LogP contribution is 2.41. The summed E-state index contributed by atoms with van der Waals surface area (Å²) in [7, 11) is -1.48. The number of sulfone groups is 1. The van der Waals surface area contributed by atoms with Crippen LogP contribution in [0, 0.1) is 6.92 Å². The van der Waals surface area contributed by atoms with E-state index in [1.807, 2.05) is 24.0 Å². The SMILES string of the molecule is Cc1nc(NC2CCN(C3(CS(=O)(=O)c4ccccc4)CCC(N(C)C(C)C)CC3)C2=O)c2cc(Cl)ccc2n1. The van der Waals surface area contributed by atoms with Gasteiger partial charge in [-0.05, 0) is 90.3 Å². The van der Waals surface area contributed by atoms with Crippen LogP contribution in [0.2, 0.25) is 5.02 Å². The minimum Gasteiger partial charge on any atom is -0.358 e. The minimum absolute atomic E-state index is 0.0776. The number of rotatable bonds is 8. The molecule has 1 aliphatic carbocycles. The summed E-state index contributed by atoms with van der Waals surface area (Å²) >= 11 is 6.27. The van der Waals surface area contributed by atoms with Gasteiger partial charge in [0.2, 0.25) is 5.91 Å². The molecule has 8 nitrogen and oxygen atoms in total. The predicted octanol–water partition coefficient (Wildman–Crippen LogP) is 5.10. The van der Waals surface area contributed by atoms with Crippen LogP contribution in [-0.4, -0.2) is 77.1 Å². The lowest BCUT2D eigenvalue weighted by molar-refractivity contribution is -0.134. The van der Waals surface area contributed by atoms with Crippen LogP contribution in [0.4, 0.5) is 5.82 Å². The van der Waals surface area contributed by atoms with E-state index in [9.17, 15) is 13.2 Å². The summed E-state index contributed by atoms with van der Waals surface area (Å²) < 4.78 is 27.4. The van der Waals surface area contributed by atoms with Crippen LogP contribution in [0.25, 0.3) is 10.9 Å². The number of aromatic nitrogens is 2. The van der Waals surface area contributed by atoms with Crippen molar-refractivity contribution in [1.29, 1.82) is 0 Å². The summed E-state index contributed by atoms with van der Waals surface area (Å²) in [6, 6.07) is 14.3. The molecule has 2 fully saturated rings. The molecule has 1 amide bonds. The van der Waals surface area contributed by atoms with Gasteiger partial charge in [-0.3, -0.25) is 4.79 Å². The zero-order valence-electron chi connectivity index (χ0n) is 23.6.